The van der Waals surface area contributed by atoms with Crippen LogP contribution >= 0.6 is 11.6 Å². The Labute approximate surface area is 139 Å². The lowest BCUT2D eigenvalue weighted by molar-refractivity contribution is -0.146. The lowest BCUT2D eigenvalue weighted by atomic mass is 10.1. The highest BCUT2D eigenvalue weighted by atomic mass is 35.5. The summed E-state index contributed by atoms with van der Waals surface area (Å²) in [6, 6.07) is 3.46. The van der Waals surface area contributed by atoms with E-state index >= 15 is 0 Å². The van der Waals surface area contributed by atoms with Crippen LogP contribution in [0.3, 0.4) is 0 Å². The van der Waals surface area contributed by atoms with Crippen molar-refractivity contribution in [3.05, 3.63) is 46.2 Å². The zero-order valence-electron chi connectivity index (χ0n) is 13.3. The summed E-state index contributed by atoms with van der Waals surface area (Å²) in [4.78, 5) is 23.6. The van der Waals surface area contributed by atoms with E-state index in [4.69, 9.17) is 11.6 Å². The topological polar surface area (TPSA) is 84.2 Å². The minimum Gasteiger partial charge on any atom is -0.479 e. The summed E-state index contributed by atoms with van der Waals surface area (Å²) in [5.74, 6) is -1.39. The van der Waals surface area contributed by atoms with E-state index in [-0.39, 0.29) is 5.91 Å². The van der Waals surface area contributed by atoms with Gasteiger partial charge in [-0.2, -0.15) is 5.10 Å². The number of carbonyl (C=O) groups is 2. The third-order valence-electron chi connectivity index (χ3n) is 3.76. The van der Waals surface area contributed by atoms with Crippen LogP contribution in [0.2, 0.25) is 5.02 Å². The Kier molecular flexibility index (Phi) is 4.47. The number of carbonyl (C=O) groups excluding carboxylic acids is 1. The third kappa shape index (κ3) is 3.37. The lowest BCUT2D eigenvalue weighted by Gasteiger charge is -2.19. The van der Waals surface area contributed by atoms with Gasteiger partial charge in [0.1, 0.15) is 0 Å². The number of nitrogens with one attached hydrogen (secondary N) is 1. The number of hydrogen-bond donors (Lipinski definition) is 2. The number of aryl methyl sites for hydroxylation is 2. The van der Waals surface area contributed by atoms with Crippen LogP contribution in [0.1, 0.15) is 35.3 Å². The molecule has 0 bridgehead atoms. The second-order valence-electron chi connectivity index (χ2n) is 5.91. The quantitative estimate of drug-likeness (QED) is 0.898. The van der Waals surface area contributed by atoms with Crippen molar-refractivity contribution in [1.82, 2.24) is 9.78 Å². The first-order valence-corrected chi connectivity index (χ1v) is 7.37. The van der Waals surface area contributed by atoms with Crippen molar-refractivity contribution in [3.8, 4) is 0 Å². The largest absolute Gasteiger partial charge is 0.479 e. The molecule has 0 atom stereocenters. The van der Waals surface area contributed by atoms with E-state index in [0.29, 0.717) is 16.3 Å². The number of amides is 1. The molecule has 2 aromatic rings. The first-order chi connectivity index (χ1) is 10.6. The van der Waals surface area contributed by atoms with E-state index in [1.807, 2.05) is 13.8 Å². The molecule has 2 rings (SSSR count). The highest BCUT2D eigenvalue weighted by Crippen LogP contribution is 2.23. The molecule has 1 aromatic carbocycles. The second-order valence-corrected chi connectivity index (χ2v) is 6.32. The molecular weight excluding hydrogens is 318 g/mol. The highest BCUT2D eigenvalue weighted by molar-refractivity contribution is 6.34. The fourth-order valence-electron chi connectivity index (χ4n) is 1.94. The number of benzene rings is 1. The van der Waals surface area contributed by atoms with E-state index < -0.39 is 11.5 Å². The van der Waals surface area contributed by atoms with Gasteiger partial charge in [0, 0.05) is 6.20 Å². The normalized spacial score (nSPS) is 11.3. The van der Waals surface area contributed by atoms with Gasteiger partial charge in [0.15, 0.2) is 5.54 Å². The molecule has 1 amide bonds. The van der Waals surface area contributed by atoms with Crippen LogP contribution in [-0.2, 0) is 10.3 Å². The van der Waals surface area contributed by atoms with Crippen molar-refractivity contribution >= 4 is 29.2 Å². The number of rotatable bonds is 4. The third-order valence-corrected chi connectivity index (χ3v) is 4.08. The van der Waals surface area contributed by atoms with Gasteiger partial charge in [0.05, 0.1) is 22.5 Å². The van der Waals surface area contributed by atoms with Crippen molar-refractivity contribution < 1.29 is 14.7 Å². The predicted octanol–water partition coefficient (Wildman–Crippen LogP) is 3.23. The average Bonchev–Trinajstić information content (AvgIpc) is 2.91. The number of aliphatic carboxylic acids is 1. The van der Waals surface area contributed by atoms with Crippen LogP contribution in [-0.4, -0.2) is 26.8 Å². The molecule has 7 heteroatoms. The van der Waals surface area contributed by atoms with Crippen molar-refractivity contribution in [3.63, 3.8) is 0 Å². The fourth-order valence-corrected chi connectivity index (χ4v) is 2.25. The summed E-state index contributed by atoms with van der Waals surface area (Å²) in [6.07, 6.45) is 2.87. The molecule has 0 fully saturated rings. The zero-order valence-corrected chi connectivity index (χ0v) is 14.1. The molecule has 2 N–H and O–H groups in total. The Balaban J connectivity index is 2.24. The summed E-state index contributed by atoms with van der Waals surface area (Å²) in [5.41, 5.74) is 1.52. The molecule has 6 nitrogen and oxygen atoms in total. The summed E-state index contributed by atoms with van der Waals surface area (Å²) >= 11 is 6.12. The molecule has 1 aromatic heterocycles. The Bertz CT molecular complexity index is 781. The number of aromatic nitrogens is 2. The molecule has 0 aliphatic rings. The standard InChI is InChI=1S/C16H18ClN3O3/c1-9-5-12(13(17)6-10(9)2)14(21)19-11-7-18-20(8-11)16(3,4)15(22)23/h5-8H,1-4H3,(H,19,21)(H,22,23). The van der Waals surface area contributed by atoms with Crippen LogP contribution in [0.15, 0.2) is 24.5 Å². The van der Waals surface area contributed by atoms with Crippen LogP contribution < -0.4 is 5.32 Å². The molecule has 0 radical (unpaired) electrons. The van der Waals surface area contributed by atoms with Crippen LogP contribution in [0.4, 0.5) is 5.69 Å². The number of carboxylic acids is 1. The molecule has 23 heavy (non-hydrogen) atoms. The molecule has 0 saturated carbocycles. The van der Waals surface area contributed by atoms with Gasteiger partial charge in [0.25, 0.3) is 5.91 Å². The minimum absolute atomic E-state index is 0.361. The van der Waals surface area contributed by atoms with E-state index in [1.54, 1.807) is 12.1 Å². The molecule has 0 aliphatic heterocycles. The molecule has 0 saturated heterocycles. The molecule has 122 valence electrons. The number of anilines is 1. The fraction of sp³-hybridized carbons (Fsp3) is 0.312. The Morgan fingerprint density at radius 2 is 1.87 bits per heavy atom. The number of nitrogens with zero attached hydrogens (tertiary/aromatic N) is 2. The minimum atomic E-state index is -1.21. The first kappa shape index (κ1) is 17.0. The lowest BCUT2D eigenvalue weighted by Crippen LogP contribution is -2.35. The smallest absolute Gasteiger partial charge is 0.331 e. The van der Waals surface area contributed by atoms with Gasteiger partial charge in [-0.3, -0.25) is 9.48 Å². The maximum absolute atomic E-state index is 12.3. The van der Waals surface area contributed by atoms with Gasteiger partial charge in [-0.25, -0.2) is 4.79 Å². The number of hydrogen-bond acceptors (Lipinski definition) is 3. The average molecular weight is 336 g/mol. The maximum Gasteiger partial charge on any atom is 0.331 e. The molecule has 1 heterocycles. The van der Waals surface area contributed by atoms with Crippen LogP contribution in [0, 0.1) is 13.8 Å². The maximum atomic E-state index is 12.3. The van der Waals surface area contributed by atoms with Crippen molar-refractivity contribution in [2.24, 2.45) is 0 Å². The van der Waals surface area contributed by atoms with Gasteiger partial charge < -0.3 is 10.4 Å². The van der Waals surface area contributed by atoms with E-state index in [9.17, 15) is 14.7 Å². The van der Waals surface area contributed by atoms with E-state index in [1.165, 1.54) is 30.9 Å². The summed E-state index contributed by atoms with van der Waals surface area (Å²) in [7, 11) is 0. The molecule has 0 unspecified atom stereocenters. The highest BCUT2D eigenvalue weighted by Gasteiger charge is 2.30. The van der Waals surface area contributed by atoms with Gasteiger partial charge in [0.2, 0.25) is 0 Å². The van der Waals surface area contributed by atoms with Crippen LogP contribution in [0.25, 0.3) is 0 Å². The molecular formula is C16H18ClN3O3. The Morgan fingerprint density at radius 1 is 1.26 bits per heavy atom. The first-order valence-electron chi connectivity index (χ1n) is 6.99. The van der Waals surface area contributed by atoms with Gasteiger partial charge in [-0.1, -0.05) is 11.6 Å². The van der Waals surface area contributed by atoms with Crippen molar-refractivity contribution in [1.29, 1.82) is 0 Å². The summed E-state index contributed by atoms with van der Waals surface area (Å²) in [6.45, 7) is 6.86. The zero-order chi connectivity index (χ0) is 17.4. The Morgan fingerprint density at radius 3 is 2.48 bits per heavy atom. The van der Waals surface area contributed by atoms with E-state index in [0.717, 1.165) is 11.1 Å². The predicted molar refractivity (Wildman–Crippen MR) is 88.1 cm³/mol. The Hall–Kier alpha value is -2.34. The monoisotopic (exact) mass is 335 g/mol. The van der Waals surface area contributed by atoms with Crippen molar-refractivity contribution in [2.75, 3.05) is 5.32 Å². The van der Waals surface area contributed by atoms with Crippen LogP contribution in [0.5, 0.6) is 0 Å². The second kappa shape index (κ2) is 6.04. The molecule has 0 aliphatic carbocycles. The summed E-state index contributed by atoms with van der Waals surface area (Å²) < 4.78 is 1.28. The molecule has 0 spiro atoms. The SMILES string of the molecule is Cc1cc(Cl)c(C(=O)Nc2cnn(C(C)(C)C(=O)O)c2)cc1C. The van der Waals surface area contributed by atoms with Gasteiger partial charge in [-0.15, -0.1) is 0 Å². The van der Waals surface area contributed by atoms with E-state index in [2.05, 4.69) is 10.4 Å². The van der Waals surface area contributed by atoms with Gasteiger partial charge in [-0.05, 0) is 51.0 Å². The van der Waals surface area contributed by atoms with Crippen molar-refractivity contribution in [2.45, 2.75) is 33.2 Å². The van der Waals surface area contributed by atoms with Gasteiger partial charge >= 0.3 is 5.97 Å². The summed E-state index contributed by atoms with van der Waals surface area (Å²) in [5, 5.41) is 16.2. The number of carboxylic acid groups (broad SMARTS) is 1. The number of halogens is 1.